The highest BCUT2D eigenvalue weighted by molar-refractivity contribution is 5.80. The molecule has 0 aliphatic rings. The van der Waals surface area contributed by atoms with Gasteiger partial charge in [-0.3, -0.25) is 4.79 Å². The molecular weight excluding hydrogens is 202 g/mol. The van der Waals surface area contributed by atoms with E-state index in [-0.39, 0.29) is 18.0 Å². The van der Waals surface area contributed by atoms with E-state index < -0.39 is 0 Å². The molecule has 4 nitrogen and oxygen atoms in total. The molecule has 4 heteroatoms. The first-order valence-corrected chi connectivity index (χ1v) is 6.06. The van der Waals surface area contributed by atoms with E-state index in [0.717, 1.165) is 13.0 Å². The van der Waals surface area contributed by atoms with Crippen molar-refractivity contribution in [2.75, 3.05) is 20.1 Å². The second-order valence-corrected chi connectivity index (χ2v) is 5.22. The Hall–Kier alpha value is -0.610. The summed E-state index contributed by atoms with van der Waals surface area (Å²) in [6, 6.07) is 0.0214. The van der Waals surface area contributed by atoms with Crippen LogP contribution in [0.4, 0.5) is 0 Å². The van der Waals surface area contributed by atoms with Gasteiger partial charge in [-0.1, -0.05) is 27.7 Å². The van der Waals surface area contributed by atoms with Crippen LogP contribution in [0.15, 0.2) is 0 Å². The number of nitrogens with two attached hydrogens (primary N) is 1. The molecule has 1 amide bonds. The summed E-state index contributed by atoms with van der Waals surface area (Å²) in [6.07, 6.45) is 1.14. The van der Waals surface area contributed by atoms with E-state index in [4.69, 9.17) is 5.73 Å². The number of hydrogen-bond acceptors (Lipinski definition) is 3. The molecule has 0 aliphatic carbocycles. The summed E-state index contributed by atoms with van der Waals surface area (Å²) in [5, 5.41) is 3.18. The predicted octanol–water partition coefficient (Wildman–Crippen LogP) is 0.816. The number of hydrogen-bond donors (Lipinski definition) is 2. The van der Waals surface area contributed by atoms with Crippen LogP contribution >= 0.6 is 0 Å². The second-order valence-electron chi connectivity index (χ2n) is 5.22. The van der Waals surface area contributed by atoms with Crippen molar-refractivity contribution in [3.05, 3.63) is 0 Å². The van der Waals surface area contributed by atoms with Gasteiger partial charge in [0.1, 0.15) is 0 Å². The number of carbonyl (C=O) groups excluding carboxylic acids is 1. The summed E-state index contributed by atoms with van der Waals surface area (Å²) in [4.78, 5) is 13.4. The minimum absolute atomic E-state index is 0.253. The Kier molecular flexibility index (Phi) is 7.34. The van der Waals surface area contributed by atoms with Gasteiger partial charge in [-0.2, -0.15) is 0 Å². The zero-order chi connectivity index (χ0) is 12.7. The molecule has 0 saturated carbocycles. The van der Waals surface area contributed by atoms with Crippen LogP contribution in [0.2, 0.25) is 0 Å². The summed E-state index contributed by atoms with van der Waals surface area (Å²) in [5.41, 5.74) is 5.36. The van der Waals surface area contributed by atoms with E-state index >= 15 is 0 Å². The van der Waals surface area contributed by atoms with Gasteiger partial charge in [0.05, 0.1) is 6.04 Å². The first kappa shape index (κ1) is 15.4. The van der Waals surface area contributed by atoms with Crippen molar-refractivity contribution in [3.63, 3.8) is 0 Å². The molecular formula is C12H27N3O. The van der Waals surface area contributed by atoms with E-state index in [9.17, 15) is 4.79 Å². The van der Waals surface area contributed by atoms with Gasteiger partial charge < -0.3 is 16.0 Å². The van der Waals surface area contributed by atoms with Crippen molar-refractivity contribution >= 4 is 5.91 Å². The molecule has 0 aliphatic heterocycles. The highest BCUT2D eigenvalue weighted by Gasteiger charge is 2.17. The third kappa shape index (κ3) is 7.65. The Morgan fingerprint density at radius 3 is 2.25 bits per heavy atom. The number of nitrogens with one attached hydrogen (secondary N) is 1. The van der Waals surface area contributed by atoms with Gasteiger partial charge in [-0.05, 0) is 25.9 Å². The molecule has 1 atom stereocenters. The highest BCUT2D eigenvalue weighted by Crippen LogP contribution is 2.01. The monoisotopic (exact) mass is 229 g/mol. The van der Waals surface area contributed by atoms with E-state index in [2.05, 4.69) is 24.1 Å². The van der Waals surface area contributed by atoms with Gasteiger partial charge in [0.25, 0.3) is 0 Å². The summed E-state index contributed by atoms with van der Waals surface area (Å²) < 4.78 is 0. The van der Waals surface area contributed by atoms with E-state index in [0.29, 0.717) is 12.5 Å². The molecule has 0 radical (unpaired) electrons. The Labute approximate surface area is 99.6 Å². The van der Waals surface area contributed by atoms with Crippen LogP contribution in [0, 0.1) is 5.92 Å². The third-order valence-corrected chi connectivity index (χ3v) is 2.46. The van der Waals surface area contributed by atoms with Crippen molar-refractivity contribution in [2.45, 2.75) is 46.2 Å². The number of rotatable bonds is 8. The fourth-order valence-electron chi connectivity index (χ4n) is 1.51. The average Bonchev–Trinajstić information content (AvgIpc) is 2.12. The van der Waals surface area contributed by atoms with Gasteiger partial charge >= 0.3 is 0 Å². The van der Waals surface area contributed by atoms with Crippen molar-refractivity contribution in [1.29, 1.82) is 0 Å². The molecule has 1 unspecified atom stereocenters. The Morgan fingerprint density at radius 2 is 1.88 bits per heavy atom. The summed E-state index contributed by atoms with van der Waals surface area (Å²) in [7, 11) is 2.03. The fourth-order valence-corrected chi connectivity index (χ4v) is 1.51. The molecule has 0 aromatic rings. The van der Waals surface area contributed by atoms with Crippen LogP contribution in [0.1, 0.15) is 34.1 Å². The minimum atomic E-state index is -0.273. The van der Waals surface area contributed by atoms with Crippen molar-refractivity contribution < 1.29 is 4.79 Å². The van der Waals surface area contributed by atoms with Gasteiger partial charge in [-0.25, -0.2) is 0 Å². The molecule has 0 saturated heterocycles. The number of primary amides is 1. The van der Waals surface area contributed by atoms with Crippen molar-refractivity contribution in [2.24, 2.45) is 11.7 Å². The Bertz CT molecular complexity index is 204. The second kappa shape index (κ2) is 7.63. The van der Waals surface area contributed by atoms with E-state index in [1.54, 1.807) is 0 Å². The molecule has 0 bridgehead atoms. The maximum absolute atomic E-state index is 11.2. The van der Waals surface area contributed by atoms with Gasteiger partial charge in [0.2, 0.25) is 5.91 Å². The summed E-state index contributed by atoms with van der Waals surface area (Å²) in [5.74, 6) is 0.414. The minimum Gasteiger partial charge on any atom is -0.368 e. The van der Waals surface area contributed by atoms with Crippen LogP contribution in [0.5, 0.6) is 0 Å². The first-order valence-electron chi connectivity index (χ1n) is 6.06. The highest BCUT2D eigenvalue weighted by atomic mass is 16.1. The molecule has 0 spiro atoms. The molecule has 16 heavy (non-hydrogen) atoms. The van der Waals surface area contributed by atoms with E-state index in [1.807, 2.05) is 20.9 Å². The maximum Gasteiger partial charge on any atom is 0.235 e. The van der Waals surface area contributed by atoms with Crippen LogP contribution in [0.3, 0.4) is 0 Å². The zero-order valence-corrected chi connectivity index (χ0v) is 11.3. The Balaban J connectivity index is 4.03. The standard InChI is InChI=1S/C12H27N3O/c1-9(2)6-7-15(5)8-11(12(13)16)14-10(3)4/h9-11,14H,6-8H2,1-5H3,(H2,13,16). The number of nitrogens with zero attached hydrogens (tertiary/aromatic N) is 1. The van der Waals surface area contributed by atoms with Crippen LogP contribution in [-0.2, 0) is 4.79 Å². The SMILES string of the molecule is CC(C)CCN(C)CC(NC(C)C)C(N)=O. The third-order valence-electron chi connectivity index (χ3n) is 2.46. The van der Waals surface area contributed by atoms with Crippen molar-refractivity contribution in [1.82, 2.24) is 10.2 Å². The number of amides is 1. The number of likely N-dealkylation sites (N-methyl/N-ethyl adjacent to an activating group) is 1. The lowest BCUT2D eigenvalue weighted by Crippen LogP contribution is -2.50. The smallest absolute Gasteiger partial charge is 0.235 e. The lowest BCUT2D eigenvalue weighted by molar-refractivity contribution is -0.120. The lowest BCUT2D eigenvalue weighted by atomic mass is 10.1. The molecule has 0 aromatic heterocycles. The molecule has 0 rings (SSSR count). The topological polar surface area (TPSA) is 58.4 Å². The lowest BCUT2D eigenvalue weighted by Gasteiger charge is -2.24. The molecule has 0 aromatic carbocycles. The zero-order valence-electron chi connectivity index (χ0n) is 11.3. The normalized spacial score (nSPS) is 13.8. The van der Waals surface area contributed by atoms with Gasteiger partial charge in [0.15, 0.2) is 0 Å². The fraction of sp³-hybridized carbons (Fsp3) is 0.917. The van der Waals surface area contributed by atoms with Gasteiger partial charge in [-0.15, -0.1) is 0 Å². The summed E-state index contributed by atoms with van der Waals surface area (Å²) >= 11 is 0. The molecule has 3 N–H and O–H groups in total. The quantitative estimate of drug-likeness (QED) is 0.648. The molecule has 0 fully saturated rings. The van der Waals surface area contributed by atoms with Crippen LogP contribution in [0.25, 0.3) is 0 Å². The average molecular weight is 229 g/mol. The van der Waals surface area contributed by atoms with E-state index in [1.165, 1.54) is 0 Å². The predicted molar refractivity (Wildman–Crippen MR) is 68.2 cm³/mol. The van der Waals surface area contributed by atoms with Crippen molar-refractivity contribution in [3.8, 4) is 0 Å². The number of carbonyl (C=O) groups is 1. The van der Waals surface area contributed by atoms with Crippen LogP contribution in [-0.4, -0.2) is 43.0 Å². The maximum atomic E-state index is 11.2. The van der Waals surface area contributed by atoms with Gasteiger partial charge in [0, 0.05) is 12.6 Å². The summed E-state index contributed by atoms with van der Waals surface area (Å²) in [6.45, 7) is 10.1. The Morgan fingerprint density at radius 1 is 1.31 bits per heavy atom. The largest absolute Gasteiger partial charge is 0.368 e. The molecule has 0 heterocycles. The first-order chi connectivity index (χ1) is 7.32. The molecule has 96 valence electrons. The van der Waals surface area contributed by atoms with Crippen LogP contribution < -0.4 is 11.1 Å².